The number of carbonyl (C=O) groups excluding carboxylic acids is 1. The highest BCUT2D eigenvalue weighted by atomic mass is 35.5. The number of ketones is 1. The Morgan fingerprint density at radius 2 is 2.00 bits per heavy atom. The average molecular weight is 265 g/mol. The van der Waals surface area contributed by atoms with Crippen molar-refractivity contribution in [2.24, 2.45) is 0 Å². The molecule has 0 atom stereocenters. The maximum absolute atomic E-state index is 13.7. The van der Waals surface area contributed by atoms with Crippen LogP contribution in [0.5, 0.6) is 5.75 Å². The van der Waals surface area contributed by atoms with Crippen molar-refractivity contribution >= 4 is 17.4 Å². The molecule has 92 valence electrons. The summed E-state index contributed by atoms with van der Waals surface area (Å²) < 4.78 is 18.6. The zero-order valence-corrected chi connectivity index (χ0v) is 10.4. The predicted molar refractivity (Wildman–Crippen MR) is 67.8 cm³/mol. The molecule has 0 aliphatic rings. The fraction of sp³-hybridized carbons (Fsp3) is 0.0714. The third-order valence-electron chi connectivity index (χ3n) is 2.51. The van der Waals surface area contributed by atoms with Crippen molar-refractivity contribution in [1.82, 2.24) is 0 Å². The van der Waals surface area contributed by atoms with E-state index in [0.717, 1.165) is 0 Å². The van der Waals surface area contributed by atoms with E-state index in [0.29, 0.717) is 16.3 Å². The van der Waals surface area contributed by atoms with Crippen molar-refractivity contribution < 1.29 is 13.9 Å². The molecule has 0 amide bonds. The van der Waals surface area contributed by atoms with Crippen LogP contribution in [0.25, 0.3) is 0 Å². The Hall–Kier alpha value is -1.87. The van der Waals surface area contributed by atoms with E-state index >= 15 is 0 Å². The molecule has 4 heteroatoms. The van der Waals surface area contributed by atoms with Crippen molar-refractivity contribution in [1.29, 1.82) is 0 Å². The molecule has 0 unspecified atom stereocenters. The van der Waals surface area contributed by atoms with E-state index in [4.69, 9.17) is 16.3 Å². The van der Waals surface area contributed by atoms with Crippen LogP contribution in [0.3, 0.4) is 0 Å². The monoisotopic (exact) mass is 264 g/mol. The van der Waals surface area contributed by atoms with Gasteiger partial charge in [-0.1, -0.05) is 23.7 Å². The van der Waals surface area contributed by atoms with Gasteiger partial charge in [-0.05, 0) is 24.3 Å². The van der Waals surface area contributed by atoms with Crippen LogP contribution in [0.15, 0.2) is 42.5 Å². The highest BCUT2D eigenvalue weighted by Crippen LogP contribution is 2.20. The Kier molecular flexibility index (Phi) is 3.63. The van der Waals surface area contributed by atoms with E-state index in [2.05, 4.69) is 0 Å². The number of ether oxygens (including phenoxy) is 1. The summed E-state index contributed by atoms with van der Waals surface area (Å²) in [5.41, 5.74) is 0.352. The van der Waals surface area contributed by atoms with E-state index in [1.807, 2.05) is 0 Å². The third kappa shape index (κ3) is 2.51. The zero-order valence-electron chi connectivity index (χ0n) is 9.61. The summed E-state index contributed by atoms with van der Waals surface area (Å²) in [5, 5.41) is 0.440. The van der Waals surface area contributed by atoms with Gasteiger partial charge in [0.15, 0.2) is 5.78 Å². The molecule has 18 heavy (non-hydrogen) atoms. The average Bonchev–Trinajstić information content (AvgIpc) is 2.37. The molecule has 0 aliphatic carbocycles. The normalized spacial score (nSPS) is 10.2. The minimum atomic E-state index is -0.612. The van der Waals surface area contributed by atoms with Gasteiger partial charge in [-0.25, -0.2) is 4.39 Å². The molecule has 0 bridgehead atoms. The summed E-state index contributed by atoms with van der Waals surface area (Å²) in [6.45, 7) is 0. The number of hydrogen-bond donors (Lipinski definition) is 0. The fourth-order valence-corrected chi connectivity index (χ4v) is 1.78. The summed E-state index contributed by atoms with van der Waals surface area (Å²) >= 11 is 5.80. The van der Waals surface area contributed by atoms with E-state index in [-0.39, 0.29) is 5.56 Å². The number of halogens is 2. The molecule has 0 aliphatic heterocycles. The Morgan fingerprint density at radius 1 is 1.22 bits per heavy atom. The smallest absolute Gasteiger partial charge is 0.196 e. The molecular weight excluding hydrogens is 255 g/mol. The maximum Gasteiger partial charge on any atom is 0.196 e. The van der Waals surface area contributed by atoms with E-state index in [1.54, 1.807) is 24.3 Å². The number of benzene rings is 2. The van der Waals surface area contributed by atoms with Crippen molar-refractivity contribution in [3.63, 3.8) is 0 Å². The van der Waals surface area contributed by atoms with Crippen LogP contribution in [0.1, 0.15) is 15.9 Å². The summed E-state index contributed by atoms with van der Waals surface area (Å²) in [6, 6.07) is 10.5. The maximum atomic E-state index is 13.7. The summed E-state index contributed by atoms with van der Waals surface area (Å²) in [7, 11) is 1.44. The van der Waals surface area contributed by atoms with Gasteiger partial charge in [-0.3, -0.25) is 4.79 Å². The first-order chi connectivity index (χ1) is 8.61. The van der Waals surface area contributed by atoms with Crippen LogP contribution in [0.4, 0.5) is 4.39 Å². The zero-order chi connectivity index (χ0) is 13.1. The van der Waals surface area contributed by atoms with Gasteiger partial charge in [0.2, 0.25) is 0 Å². The molecule has 0 fully saturated rings. The standard InChI is InChI=1S/C14H10ClFO2/c1-18-11-5-6-12(13(16)8-11)14(17)9-3-2-4-10(15)7-9/h2-8H,1H3. The number of carbonyl (C=O) groups is 1. The number of methoxy groups -OCH3 is 1. The van der Waals surface area contributed by atoms with Crippen LogP contribution in [0.2, 0.25) is 5.02 Å². The highest BCUT2D eigenvalue weighted by molar-refractivity contribution is 6.31. The lowest BCUT2D eigenvalue weighted by atomic mass is 10.0. The molecule has 2 rings (SSSR count). The van der Waals surface area contributed by atoms with Gasteiger partial charge < -0.3 is 4.74 Å². The Labute approximate surface area is 109 Å². The second kappa shape index (κ2) is 5.19. The highest BCUT2D eigenvalue weighted by Gasteiger charge is 2.14. The second-order valence-electron chi connectivity index (χ2n) is 3.69. The Bertz CT molecular complexity index is 596. The van der Waals surface area contributed by atoms with Crippen molar-refractivity contribution in [2.45, 2.75) is 0 Å². The van der Waals surface area contributed by atoms with Gasteiger partial charge in [0.1, 0.15) is 11.6 Å². The van der Waals surface area contributed by atoms with Crippen molar-refractivity contribution in [2.75, 3.05) is 7.11 Å². The van der Waals surface area contributed by atoms with E-state index < -0.39 is 11.6 Å². The predicted octanol–water partition coefficient (Wildman–Crippen LogP) is 3.72. The van der Waals surface area contributed by atoms with Crippen LogP contribution < -0.4 is 4.74 Å². The molecule has 0 spiro atoms. The van der Waals surface area contributed by atoms with E-state index in [1.165, 1.54) is 25.3 Å². The molecule has 0 heterocycles. The van der Waals surface area contributed by atoms with Crippen molar-refractivity contribution in [3.05, 3.63) is 64.4 Å². The van der Waals surface area contributed by atoms with Gasteiger partial charge in [0, 0.05) is 16.7 Å². The summed E-state index contributed by atoms with van der Waals surface area (Å²) in [6.07, 6.45) is 0. The minimum absolute atomic E-state index is 0.00179. The lowest BCUT2D eigenvalue weighted by molar-refractivity contribution is 0.103. The van der Waals surface area contributed by atoms with Crippen molar-refractivity contribution in [3.8, 4) is 5.75 Å². The SMILES string of the molecule is COc1ccc(C(=O)c2cccc(Cl)c2)c(F)c1. The molecule has 0 aromatic heterocycles. The number of hydrogen-bond acceptors (Lipinski definition) is 2. The van der Waals surface area contributed by atoms with Gasteiger partial charge in [0.25, 0.3) is 0 Å². The second-order valence-corrected chi connectivity index (χ2v) is 4.12. The molecule has 2 nitrogen and oxygen atoms in total. The minimum Gasteiger partial charge on any atom is -0.497 e. The largest absolute Gasteiger partial charge is 0.497 e. The lowest BCUT2D eigenvalue weighted by Gasteiger charge is -2.05. The molecular formula is C14H10ClFO2. The van der Waals surface area contributed by atoms with Gasteiger partial charge in [0.05, 0.1) is 12.7 Å². The van der Waals surface area contributed by atoms with Crippen LogP contribution >= 0.6 is 11.6 Å². The van der Waals surface area contributed by atoms with Gasteiger partial charge >= 0.3 is 0 Å². The third-order valence-corrected chi connectivity index (χ3v) is 2.74. The van der Waals surface area contributed by atoms with Gasteiger partial charge in [-0.2, -0.15) is 0 Å². The quantitative estimate of drug-likeness (QED) is 0.790. The molecule has 2 aromatic carbocycles. The first kappa shape index (κ1) is 12.6. The molecule has 0 saturated heterocycles. The Balaban J connectivity index is 2.40. The molecule has 0 radical (unpaired) electrons. The van der Waals surface area contributed by atoms with Crippen LogP contribution in [-0.2, 0) is 0 Å². The van der Waals surface area contributed by atoms with Gasteiger partial charge in [-0.15, -0.1) is 0 Å². The van der Waals surface area contributed by atoms with Crippen LogP contribution in [0, 0.1) is 5.82 Å². The topological polar surface area (TPSA) is 26.3 Å². The molecule has 0 saturated carbocycles. The first-order valence-electron chi connectivity index (χ1n) is 5.25. The van der Waals surface area contributed by atoms with Crippen LogP contribution in [-0.4, -0.2) is 12.9 Å². The fourth-order valence-electron chi connectivity index (χ4n) is 1.59. The Morgan fingerprint density at radius 3 is 2.61 bits per heavy atom. The number of rotatable bonds is 3. The summed E-state index contributed by atoms with van der Waals surface area (Å²) in [4.78, 5) is 12.1. The molecule has 2 aromatic rings. The summed E-state index contributed by atoms with van der Waals surface area (Å²) in [5.74, 6) is -0.646. The lowest BCUT2D eigenvalue weighted by Crippen LogP contribution is -2.04. The van der Waals surface area contributed by atoms with E-state index in [9.17, 15) is 9.18 Å². The first-order valence-corrected chi connectivity index (χ1v) is 5.63. The molecule has 0 N–H and O–H groups in total.